The van der Waals surface area contributed by atoms with Gasteiger partial charge in [0.1, 0.15) is 5.82 Å². The Morgan fingerprint density at radius 1 is 1.41 bits per heavy atom. The molecule has 0 saturated carbocycles. The summed E-state index contributed by atoms with van der Waals surface area (Å²) in [4.78, 5) is 0. The Labute approximate surface area is 109 Å². The Hall–Kier alpha value is -1.49. The summed E-state index contributed by atoms with van der Waals surface area (Å²) in [5.74, 6) is 0.997. The minimum atomic E-state index is 0.713. The number of benzene rings is 1. The smallest absolute Gasteiger partial charge is 0.124 e. The van der Waals surface area contributed by atoms with Crippen molar-refractivity contribution >= 4 is 27.4 Å². The zero-order valence-corrected chi connectivity index (χ0v) is 11.5. The topological polar surface area (TPSA) is 55.9 Å². The average molecular weight is 295 g/mol. The molecule has 0 fully saturated rings. The number of halogens is 1. The van der Waals surface area contributed by atoms with E-state index in [2.05, 4.69) is 26.3 Å². The molecule has 0 bridgehead atoms. The van der Waals surface area contributed by atoms with E-state index >= 15 is 0 Å². The molecule has 0 aliphatic carbocycles. The van der Waals surface area contributed by atoms with Crippen LogP contribution in [0.2, 0.25) is 0 Å². The van der Waals surface area contributed by atoms with Crippen LogP contribution < -0.4 is 11.1 Å². The van der Waals surface area contributed by atoms with Gasteiger partial charge in [0.05, 0.1) is 5.69 Å². The standard InChI is InChI=1S/C12H15BrN4/c1-8-5-12(17(2)16-8)15-7-9-6-10(14)3-4-11(9)13/h3-6,15H,7,14H2,1-2H3. The number of nitrogens with one attached hydrogen (secondary N) is 1. The van der Waals surface area contributed by atoms with Crippen LogP contribution in [0, 0.1) is 6.92 Å². The molecule has 0 amide bonds. The highest BCUT2D eigenvalue weighted by atomic mass is 79.9. The summed E-state index contributed by atoms with van der Waals surface area (Å²) in [7, 11) is 1.92. The number of nitrogens with zero attached hydrogens (tertiary/aromatic N) is 2. The predicted octanol–water partition coefficient (Wildman–Crippen LogP) is 2.69. The van der Waals surface area contributed by atoms with E-state index in [-0.39, 0.29) is 0 Å². The first kappa shape index (κ1) is 12.0. The second-order valence-electron chi connectivity index (χ2n) is 4.00. The van der Waals surface area contributed by atoms with Gasteiger partial charge in [0.2, 0.25) is 0 Å². The number of nitrogen functional groups attached to an aromatic ring is 1. The van der Waals surface area contributed by atoms with Crippen molar-refractivity contribution in [3.8, 4) is 0 Å². The monoisotopic (exact) mass is 294 g/mol. The maximum atomic E-state index is 5.76. The minimum absolute atomic E-state index is 0.713. The van der Waals surface area contributed by atoms with Gasteiger partial charge in [-0.15, -0.1) is 0 Å². The third kappa shape index (κ3) is 2.79. The molecular formula is C12H15BrN4. The Morgan fingerprint density at radius 2 is 2.18 bits per heavy atom. The molecule has 0 saturated heterocycles. The Balaban J connectivity index is 2.12. The van der Waals surface area contributed by atoms with Crippen LogP contribution in [0.1, 0.15) is 11.3 Å². The molecule has 1 aromatic carbocycles. The number of aromatic nitrogens is 2. The van der Waals surface area contributed by atoms with E-state index in [0.717, 1.165) is 27.2 Å². The summed E-state index contributed by atoms with van der Waals surface area (Å²) in [5.41, 5.74) is 8.66. The van der Waals surface area contributed by atoms with E-state index in [1.54, 1.807) is 0 Å². The van der Waals surface area contributed by atoms with Crippen molar-refractivity contribution in [1.82, 2.24) is 9.78 Å². The van der Waals surface area contributed by atoms with Crippen LogP contribution in [0.25, 0.3) is 0 Å². The number of hydrogen-bond acceptors (Lipinski definition) is 3. The zero-order chi connectivity index (χ0) is 12.4. The van der Waals surface area contributed by atoms with Gasteiger partial charge in [-0.05, 0) is 30.7 Å². The van der Waals surface area contributed by atoms with E-state index < -0.39 is 0 Å². The maximum Gasteiger partial charge on any atom is 0.124 e. The first-order valence-electron chi connectivity index (χ1n) is 5.34. The van der Waals surface area contributed by atoms with Crippen LogP contribution in [-0.4, -0.2) is 9.78 Å². The number of anilines is 2. The van der Waals surface area contributed by atoms with Crippen molar-refractivity contribution in [3.05, 3.63) is 40.0 Å². The molecule has 0 unspecified atom stereocenters. The molecule has 0 spiro atoms. The summed E-state index contributed by atoms with van der Waals surface area (Å²) in [6, 6.07) is 7.81. The van der Waals surface area contributed by atoms with Crippen LogP contribution in [-0.2, 0) is 13.6 Å². The van der Waals surface area contributed by atoms with E-state index in [1.807, 2.05) is 42.9 Å². The lowest BCUT2D eigenvalue weighted by Crippen LogP contribution is -2.05. The van der Waals surface area contributed by atoms with Crippen molar-refractivity contribution < 1.29 is 0 Å². The zero-order valence-electron chi connectivity index (χ0n) is 9.87. The third-order valence-electron chi connectivity index (χ3n) is 2.53. The van der Waals surface area contributed by atoms with Crippen molar-refractivity contribution in [1.29, 1.82) is 0 Å². The molecule has 0 aliphatic heterocycles. The fraction of sp³-hybridized carbons (Fsp3) is 0.250. The quantitative estimate of drug-likeness (QED) is 0.856. The highest BCUT2D eigenvalue weighted by Gasteiger charge is 2.04. The van der Waals surface area contributed by atoms with Gasteiger partial charge >= 0.3 is 0 Å². The lowest BCUT2D eigenvalue weighted by Gasteiger charge is -2.08. The van der Waals surface area contributed by atoms with Crippen molar-refractivity contribution in [3.63, 3.8) is 0 Å². The SMILES string of the molecule is Cc1cc(NCc2cc(N)ccc2Br)n(C)n1. The first-order valence-corrected chi connectivity index (χ1v) is 6.14. The van der Waals surface area contributed by atoms with Crippen LogP contribution in [0.3, 0.4) is 0 Å². The predicted molar refractivity (Wildman–Crippen MR) is 73.8 cm³/mol. The Morgan fingerprint density at radius 3 is 2.82 bits per heavy atom. The fourth-order valence-electron chi connectivity index (χ4n) is 1.69. The van der Waals surface area contributed by atoms with E-state index in [9.17, 15) is 0 Å². The second kappa shape index (κ2) is 4.79. The number of hydrogen-bond donors (Lipinski definition) is 2. The summed E-state index contributed by atoms with van der Waals surface area (Å²) in [6.07, 6.45) is 0. The molecule has 0 radical (unpaired) electrons. The summed E-state index contributed by atoms with van der Waals surface area (Å²) in [5, 5.41) is 7.61. The third-order valence-corrected chi connectivity index (χ3v) is 3.31. The maximum absolute atomic E-state index is 5.76. The largest absolute Gasteiger partial charge is 0.399 e. The number of aryl methyl sites for hydroxylation is 2. The number of rotatable bonds is 3. The van der Waals surface area contributed by atoms with E-state index in [1.165, 1.54) is 0 Å². The van der Waals surface area contributed by atoms with Crippen molar-refractivity contribution in [2.24, 2.45) is 7.05 Å². The highest BCUT2D eigenvalue weighted by molar-refractivity contribution is 9.10. The van der Waals surface area contributed by atoms with E-state index in [4.69, 9.17) is 5.73 Å². The molecule has 4 nitrogen and oxygen atoms in total. The van der Waals surface area contributed by atoms with Crippen molar-refractivity contribution in [2.75, 3.05) is 11.1 Å². The van der Waals surface area contributed by atoms with Crippen LogP contribution in [0.5, 0.6) is 0 Å². The molecule has 3 N–H and O–H groups in total. The molecular weight excluding hydrogens is 280 g/mol. The lowest BCUT2D eigenvalue weighted by atomic mass is 10.2. The van der Waals surface area contributed by atoms with E-state index in [0.29, 0.717) is 6.54 Å². The van der Waals surface area contributed by atoms with Crippen molar-refractivity contribution in [2.45, 2.75) is 13.5 Å². The molecule has 2 aromatic rings. The summed E-state index contributed by atoms with van der Waals surface area (Å²) >= 11 is 3.51. The molecule has 1 heterocycles. The van der Waals surface area contributed by atoms with Gasteiger partial charge in [-0.25, -0.2) is 0 Å². The van der Waals surface area contributed by atoms with Gasteiger partial charge in [0.25, 0.3) is 0 Å². The molecule has 17 heavy (non-hydrogen) atoms. The normalized spacial score (nSPS) is 10.5. The van der Waals surface area contributed by atoms with Crippen LogP contribution >= 0.6 is 15.9 Å². The summed E-state index contributed by atoms with van der Waals surface area (Å²) in [6.45, 7) is 2.69. The fourth-order valence-corrected chi connectivity index (χ4v) is 2.08. The highest BCUT2D eigenvalue weighted by Crippen LogP contribution is 2.20. The minimum Gasteiger partial charge on any atom is -0.399 e. The van der Waals surface area contributed by atoms with Gasteiger partial charge in [-0.1, -0.05) is 15.9 Å². The van der Waals surface area contributed by atoms with Gasteiger partial charge in [-0.3, -0.25) is 4.68 Å². The molecule has 1 aromatic heterocycles. The molecule has 0 atom stereocenters. The van der Waals surface area contributed by atoms with Crippen LogP contribution in [0.4, 0.5) is 11.5 Å². The Kier molecular flexibility index (Phi) is 3.38. The molecule has 5 heteroatoms. The molecule has 0 aliphatic rings. The lowest BCUT2D eigenvalue weighted by molar-refractivity contribution is 0.758. The average Bonchev–Trinajstić information content (AvgIpc) is 2.59. The first-order chi connectivity index (χ1) is 8.06. The van der Waals surface area contributed by atoms with Gasteiger partial charge in [0.15, 0.2) is 0 Å². The van der Waals surface area contributed by atoms with Gasteiger partial charge < -0.3 is 11.1 Å². The second-order valence-corrected chi connectivity index (χ2v) is 4.85. The van der Waals surface area contributed by atoms with Crippen LogP contribution in [0.15, 0.2) is 28.7 Å². The Bertz CT molecular complexity index is 533. The van der Waals surface area contributed by atoms with Gasteiger partial charge in [-0.2, -0.15) is 5.10 Å². The van der Waals surface area contributed by atoms with Gasteiger partial charge in [0, 0.05) is 29.8 Å². The molecule has 90 valence electrons. The number of nitrogens with two attached hydrogens (primary N) is 1. The summed E-state index contributed by atoms with van der Waals surface area (Å²) < 4.78 is 2.88. The molecule has 2 rings (SSSR count).